The van der Waals surface area contributed by atoms with Crippen molar-refractivity contribution in [3.05, 3.63) is 67.2 Å². The molecule has 0 radical (unpaired) electrons. The van der Waals surface area contributed by atoms with Crippen LogP contribution in [0.4, 0.5) is 0 Å². The molecular weight excluding hydrogens is 450 g/mol. The van der Waals surface area contributed by atoms with Gasteiger partial charge < -0.3 is 10.6 Å². The summed E-state index contributed by atoms with van der Waals surface area (Å²) >= 11 is 13.9. The van der Waals surface area contributed by atoms with Gasteiger partial charge in [-0.15, -0.1) is 0 Å². The van der Waals surface area contributed by atoms with Gasteiger partial charge in [-0.05, 0) is 52.4 Å². The Hall–Kier alpha value is -1.31. The van der Waals surface area contributed by atoms with Crippen LogP contribution in [-0.2, 0) is 11.3 Å². The summed E-state index contributed by atoms with van der Waals surface area (Å²) in [7, 11) is 0. The number of carbonyl (C=O) groups is 2. The molecule has 2 N–H and O–H groups in total. The van der Waals surface area contributed by atoms with Crippen molar-refractivity contribution in [3.63, 3.8) is 0 Å². The lowest BCUT2D eigenvalue weighted by molar-refractivity contribution is -0.120. The number of halogens is 3. The van der Waals surface area contributed by atoms with Crippen molar-refractivity contribution in [2.45, 2.75) is 6.54 Å². The molecule has 120 valence electrons. The zero-order chi connectivity index (χ0) is 16.8. The first-order chi connectivity index (χ1) is 11.0. The summed E-state index contributed by atoms with van der Waals surface area (Å²) in [5.41, 5.74) is 1.30. The van der Waals surface area contributed by atoms with E-state index in [-0.39, 0.29) is 24.9 Å². The van der Waals surface area contributed by atoms with Gasteiger partial charge >= 0.3 is 0 Å². The van der Waals surface area contributed by atoms with E-state index in [0.717, 1.165) is 9.13 Å². The monoisotopic (exact) mass is 462 g/mol. The maximum atomic E-state index is 12.0. The normalized spacial score (nSPS) is 10.2. The lowest BCUT2D eigenvalue weighted by Gasteiger charge is -2.09. The predicted octanol–water partition coefficient (Wildman–Crippen LogP) is 3.64. The van der Waals surface area contributed by atoms with Gasteiger partial charge in [0.1, 0.15) is 0 Å². The number of hydrogen-bond donors (Lipinski definition) is 2. The van der Waals surface area contributed by atoms with Gasteiger partial charge in [-0.3, -0.25) is 9.59 Å². The Morgan fingerprint density at radius 3 is 2.48 bits per heavy atom. The molecule has 0 aliphatic rings. The minimum Gasteiger partial charge on any atom is -0.350 e. The first-order valence-electron chi connectivity index (χ1n) is 6.70. The Kier molecular flexibility index (Phi) is 6.68. The second-order valence-corrected chi connectivity index (χ2v) is 6.68. The summed E-state index contributed by atoms with van der Waals surface area (Å²) in [4.78, 5) is 23.8. The van der Waals surface area contributed by atoms with E-state index < -0.39 is 0 Å². The quantitative estimate of drug-likeness (QED) is 0.666. The maximum Gasteiger partial charge on any atom is 0.252 e. The van der Waals surface area contributed by atoms with E-state index in [4.69, 9.17) is 23.2 Å². The molecule has 0 atom stereocenters. The fraction of sp³-hybridized carbons (Fsp3) is 0.125. The Morgan fingerprint density at radius 2 is 1.78 bits per heavy atom. The van der Waals surface area contributed by atoms with E-state index in [1.54, 1.807) is 30.3 Å². The maximum absolute atomic E-state index is 12.0. The van der Waals surface area contributed by atoms with Crippen LogP contribution < -0.4 is 10.6 Å². The number of nitrogens with one attached hydrogen (secondary N) is 2. The van der Waals surface area contributed by atoms with Crippen molar-refractivity contribution >= 4 is 57.6 Å². The van der Waals surface area contributed by atoms with E-state index in [0.29, 0.717) is 15.6 Å². The average molecular weight is 463 g/mol. The van der Waals surface area contributed by atoms with Crippen molar-refractivity contribution in [1.29, 1.82) is 0 Å². The molecule has 0 unspecified atom stereocenters. The topological polar surface area (TPSA) is 58.2 Å². The van der Waals surface area contributed by atoms with Gasteiger partial charge in [-0.2, -0.15) is 0 Å². The van der Waals surface area contributed by atoms with Crippen molar-refractivity contribution in [2.24, 2.45) is 0 Å². The summed E-state index contributed by atoms with van der Waals surface area (Å²) in [5, 5.41) is 6.31. The Labute approximate surface area is 157 Å². The second kappa shape index (κ2) is 8.52. The Balaban J connectivity index is 1.83. The van der Waals surface area contributed by atoms with Gasteiger partial charge in [0, 0.05) is 20.2 Å². The summed E-state index contributed by atoms with van der Waals surface area (Å²) in [6.07, 6.45) is 0. The van der Waals surface area contributed by atoms with Crippen LogP contribution >= 0.6 is 45.8 Å². The molecule has 0 aliphatic heterocycles. The summed E-state index contributed by atoms with van der Waals surface area (Å²) in [6.45, 7) is 0.169. The van der Waals surface area contributed by atoms with Crippen molar-refractivity contribution in [2.75, 3.05) is 6.54 Å². The van der Waals surface area contributed by atoms with Gasteiger partial charge in [0.25, 0.3) is 5.91 Å². The highest BCUT2D eigenvalue weighted by atomic mass is 127. The zero-order valence-electron chi connectivity index (χ0n) is 11.9. The van der Waals surface area contributed by atoms with Gasteiger partial charge in [0.15, 0.2) is 0 Å². The van der Waals surface area contributed by atoms with E-state index in [1.807, 2.05) is 12.1 Å². The van der Waals surface area contributed by atoms with E-state index in [9.17, 15) is 9.59 Å². The Morgan fingerprint density at radius 1 is 1.04 bits per heavy atom. The molecule has 2 aromatic rings. The molecule has 0 aromatic heterocycles. The number of hydrogen-bond acceptors (Lipinski definition) is 2. The second-order valence-electron chi connectivity index (χ2n) is 4.67. The number of amides is 2. The molecule has 2 aromatic carbocycles. The van der Waals surface area contributed by atoms with Crippen molar-refractivity contribution in [3.8, 4) is 0 Å². The molecule has 2 rings (SSSR count). The molecule has 23 heavy (non-hydrogen) atoms. The molecule has 0 saturated carbocycles. The smallest absolute Gasteiger partial charge is 0.252 e. The lowest BCUT2D eigenvalue weighted by atomic mass is 10.2. The minimum atomic E-state index is -0.296. The summed E-state index contributed by atoms with van der Waals surface area (Å²) in [5.74, 6) is -0.579. The van der Waals surface area contributed by atoms with E-state index >= 15 is 0 Å². The molecule has 0 fully saturated rings. The van der Waals surface area contributed by atoms with Gasteiger partial charge in [-0.25, -0.2) is 0 Å². The zero-order valence-corrected chi connectivity index (χ0v) is 15.6. The molecule has 0 saturated heterocycles. The van der Waals surface area contributed by atoms with Gasteiger partial charge in [0.05, 0.1) is 12.1 Å². The number of rotatable bonds is 5. The van der Waals surface area contributed by atoms with Crippen LogP contribution in [0.1, 0.15) is 15.9 Å². The minimum absolute atomic E-state index is 0.102. The largest absolute Gasteiger partial charge is 0.350 e. The fourth-order valence-corrected chi connectivity index (χ4v) is 2.93. The molecule has 0 spiro atoms. The predicted molar refractivity (Wildman–Crippen MR) is 99.8 cm³/mol. The molecule has 7 heteroatoms. The van der Waals surface area contributed by atoms with Crippen LogP contribution in [0.3, 0.4) is 0 Å². The first-order valence-corrected chi connectivity index (χ1v) is 8.54. The molecular formula is C16H13Cl2IN2O2. The van der Waals surface area contributed by atoms with Crippen LogP contribution in [0.15, 0.2) is 42.5 Å². The van der Waals surface area contributed by atoms with Crippen molar-refractivity contribution in [1.82, 2.24) is 10.6 Å². The number of benzene rings is 2. The number of carbonyl (C=O) groups excluding carboxylic acids is 2. The Bertz CT molecular complexity index is 738. The van der Waals surface area contributed by atoms with Crippen LogP contribution in [0.5, 0.6) is 0 Å². The van der Waals surface area contributed by atoms with E-state index in [1.165, 1.54) is 0 Å². The van der Waals surface area contributed by atoms with Crippen LogP contribution in [0.2, 0.25) is 10.0 Å². The highest BCUT2D eigenvalue weighted by Crippen LogP contribution is 2.20. The summed E-state index contributed by atoms with van der Waals surface area (Å²) in [6, 6.07) is 12.2. The van der Waals surface area contributed by atoms with Gasteiger partial charge in [-0.1, -0.05) is 41.4 Å². The molecule has 2 amide bonds. The third-order valence-corrected chi connectivity index (χ3v) is 4.55. The van der Waals surface area contributed by atoms with E-state index in [2.05, 4.69) is 33.2 Å². The molecule has 0 bridgehead atoms. The van der Waals surface area contributed by atoms with Crippen LogP contribution in [0, 0.1) is 3.57 Å². The highest BCUT2D eigenvalue weighted by molar-refractivity contribution is 14.1. The molecule has 0 aliphatic carbocycles. The summed E-state index contributed by atoms with van der Waals surface area (Å²) < 4.78 is 0.830. The highest BCUT2D eigenvalue weighted by Gasteiger charge is 2.11. The first kappa shape index (κ1) is 18.0. The fourth-order valence-electron chi connectivity index (χ4n) is 1.82. The van der Waals surface area contributed by atoms with Crippen LogP contribution in [-0.4, -0.2) is 18.4 Å². The standard InChI is InChI=1S/C16H13Cl2IN2O2/c17-11-6-5-10(13(18)7-11)8-20-15(22)9-21-16(23)12-3-1-2-4-14(12)19/h1-7H,8-9H2,(H,20,22)(H,21,23). The third kappa shape index (κ3) is 5.37. The lowest BCUT2D eigenvalue weighted by Crippen LogP contribution is -2.36. The SMILES string of the molecule is O=C(CNC(=O)c1ccccc1I)NCc1ccc(Cl)cc1Cl. The third-order valence-electron chi connectivity index (χ3n) is 3.02. The van der Waals surface area contributed by atoms with Crippen LogP contribution in [0.25, 0.3) is 0 Å². The average Bonchev–Trinajstić information content (AvgIpc) is 2.52. The molecule has 0 heterocycles. The van der Waals surface area contributed by atoms with Crippen molar-refractivity contribution < 1.29 is 9.59 Å². The van der Waals surface area contributed by atoms with Gasteiger partial charge in [0.2, 0.25) is 5.91 Å². The molecule has 4 nitrogen and oxygen atoms in total.